The lowest BCUT2D eigenvalue weighted by Gasteiger charge is -2.23. The van der Waals surface area contributed by atoms with Gasteiger partial charge in [-0.1, -0.05) is 0 Å². The fourth-order valence-corrected chi connectivity index (χ4v) is 2.40. The number of amides is 2. The van der Waals surface area contributed by atoms with Crippen molar-refractivity contribution in [1.82, 2.24) is 10.3 Å². The number of carbonyl (C=O) groups excluding carboxylic acids is 2. The van der Waals surface area contributed by atoms with E-state index in [9.17, 15) is 19.1 Å². The van der Waals surface area contributed by atoms with Crippen molar-refractivity contribution in [3.05, 3.63) is 23.5 Å². The molecular weight excluding hydrogens is 303 g/mol. The number of aromatic nitrogens is 1. The van der Waals surface area contributed by atoms with Gasteiger partial charge in [-0.25, -0.2) is 4.39 Å². The van der Waals surface area contributed by atoms with Gasteiger partial charge < -0.3 is 21.5 Å². The molecule has 0 radical (unpaired) electrons. The standard InChI is InChI=1S/C15H21FN4O3/c1-15(2,23)11(16)6-10-13(14(17)22)9(3-4-18-10)20-8-5-12(21)19-7-8/h3-4,8,11,23H,5-7H2,1-2H3,(H2,17,22)(H,18,20)(H,19,21)/t8?,11-/m1/s1. The molecule has 0 bridgehead atoms. The Bertz CT molecular complexity index is 615. The fraction of sp³-hybridized carbons (Fsp3) is 0.533. The van der Waals surface area contributed by atoms with Crippen LogP contribution in [0.2, 0.25) is 0 Å². The molecule has 5 N–H and O–H groups in total. The minimum Gasteiger partial charge on any atom is -0.387 e. The Hall–Kier alpha value is -2.22. The van der Waals surface area contributed by atoms with Gasteiger partial charge in [-0.05, 0) is 19.9 Å². The van der Waals surface area contributed by atoms with Crippen molar-refractivity contribution in [1.29, 1.82) is 0 Å². The van der Waals surface area contributed by atoms with Crippen molar-refractivity contribution in [2.24, 2.45) is 5.73 Å². The van der Waals surface area contributed by atoms with Gasteiger partial charge in [0.2, 0.25) is 5.91 Å². The maximum absolute atomic E-state index is 14.1. The number of hydrogen-bond donors (Lipinski definition) is 4. The predicted octanol–water partition coefficient (Wildman–Crippen LogP) is 0.132. The zero-order chi connectivity index (χ0) is 17.2. The Kier molecular flexibility index (Phi) is 4.84. The highest BCUT2D eigenvalue weighted by atomic mass is 19.1. The molecule has 1 aliphatic heterocycles. The van der Waals surface area contributed by atoms with Crippen LogP contribution in [0.5, 0.6) is 0 Å². The van der Waals surface area contributed by atoms with E-state index in [1.165, 1.54) is 20.0 Å². The summed E-state index contributed by atoms with van der Waals surface area (Å²) in [5, 5.41) is 15.5. The minimum atomic E-state index is -1.60. The third kappa shape index (κ3) is 4.16. The molecule has 1 unspecified atom stereocenters. The molecule has 8 heteroatoms. The van der Waals surface area contributed by atoms with E-state index >= 15 is 0 Å². The van der Waals surface area contributed by atoms with E-state index in [0.717, 1.165) is 0 Å². The number of pyridine rings is 1. The van der Waals surface area contributed by atoms with Gasteiger partial charge in [0.1, 0.15) is 6.17 Å². The number of alkyl halides is 1. The molecule has 2 amide bonds. The number of hydrogen-bond acceptors (Lipinski definition) is 5. The molecule has 7 nitrogen and oxygen atoms in total. The van der Waals surface area contributed by atoms with Crippen LogP contribution in [0.15, 0.2) is 12.3 Å². The zero-order valence-electron chi connectivity index (χ0n) is 13.1. The molecule has 126 valence electrons. The van der Waals surface area contributed by atoms with Crippen LogP contribution in [0.25, 0.3) is 0 Å². The van der Waals surface area contributed by atoms with E-state index < -0.39 is 17.7 Å². The van der Waals surface area contributed by atoms with E-state index in [1.54, 1.807) is 6.07 Å². The summed E-state index contributed by atoms with van der Waals surface area (Å²) >= 11 is 0. The topological polar surface area (TPSA) is 117 Å². The summed E-state index contributed by atoms with van der Waals surface area (Å²) in [5.74, 6) is -0.820. The Morgan fingerprint density at radius 1 is 1.65 bits per heavy atom. The molecule has 1 aliphatic rings. The van der Waals surface area contributed by atoms with Gasteiger partial charge in [0.15, 0.2) is 0 Å². The van der Waals surface area contributed by atoms with Crippen molar-refractivity contribution in [3.8, 4) is 0 Å². The van der Waals surface area contributed by atoms with Gasteiger partial charge in [0.05, 0.1) is 28.6 Å². The number of halogens is 1. The average molecular weight is 324 g/mol. The fourth-order valence-electron chi connectivity index (χ4n) is 2.40. The van der Waals surface area contributed by atoms with Crippen molar-refractivity contribution in [2.75, 3.05) is 11.9 Å². The first-order valence-electron chi connectivity index (χ1n) is 7.36. The molecule has 0 spiro atoms. The average Bonchev–Trinajstić information content (AvgIpc) is 2.82. The van der Waals surface area contributed by atoms with Gasteiger partial charge in [-0.15, -0.1) is 0 Å². The first-order chi connectivity index (χ1) is 10.7. The van der Waals surface area contributed by atoms with Crippen LogP contribution in [-0.2, 0) is 11.2 Å². The summed E-state index contributed by atoms with van der Waals surface area (Å²) in [4.78, 5) is 27.1. The number of anilines is 1. The van der Waals surface area contributed by atoms with Crippen LogP contribution >= 0.6 is 0 Å². The number of carbonyl (C=O) groups is 2. The summed E-state index contributed by atoms with van der Waals surface area (Å²) in [7, 11) is 0. The van der Waals surface area contributed by atoms with Crippen molar-refractivity contribution >= 4 is 17.5 Å². The number of nitrogens with one attached hydrogen (secondary N) is 2. The smallest absolute Gasteiger partial charge is 0.252 e. The second-order valence-electron chi connectivity index (χ2n) is 6.22. The van der Waals surface area contributed by atoms with Crippen molar-refractivity contribution in [3.63, 3.8) is 0 Å². The number of rotatable bonds is 6. The number of nitrogens with zero attached hydrogens (tertiary/aromatic N) is 1. The third-order valence-electron chi connectivity index (χ3n) is 3.75. The van der Waals surface area contributed by atoms with Crippen LogP contribution in [0, 0.1) is 0 Å². The first-order valence-corrected chi connectivity index (χ1v) is 7.36. The molecule has 1 fully saturated rings. The van der Waals surface area contributed by atoms with E-state index in [4.69, 9.17) is 5.73 Å². The van der Waals surface area contributed by atoms with Crippen LogP contribution in [0.3, 0.4) is 0 Å². The second-order valence-corrected chi connectivity index (χ2v) is 6.22. The van der Waals surface area contributed by atoms with E-state index in [0.29, 0.717) is 12.2 Å². The molecule has 1 saturated heterocycles. The van der Waals surface area contributed by atoms with Crippen LogP contribution in [-0.4, -0.2) is 46.3 Å². The molecule has 2 heterocycles. The summed E-state index contributed by atoms with van der Waals surface area (Å²) in [6.45, 7) is 3.13. The number of nitrogens with two attached hydrogens (primary N) is 1. The minimum absolute atomic E-state index is 0.0803. The molecule has 0 saturated carbocycles. The Balaban J connectivity index is 2.27. The maximum Gasteiger partial charge on any atom is 0.252 e. The lowest BCUT2D eigenvalue weighted by Crippen LogP contribution is -2.35. The highest BCUT2D eigenvalue weighted by Gasteiger charge is 2.30. The molecule has 0 aliphatic carbocycles. The normalized spacial score (nSPS) is 19.3. The molecule has 1 aromatic heterocycles. The summed E-state index contributed by atoms with van der Waals surface area (Å²) in [6.07, 6.45) is -0.117. The lowest BCUT2D eigenvalue weighted by molar-refractivity contribution is -0.119. The Morgan fingerprint density at radius 2 is 2.35 bits per heavy atom. The van der Waals surface area contributed by atoms with Gasteiger partial charge in [-0.2, -0.15) is 0 Å². The van der Waals surface area contributed by atoms with E-state index in [-0.39, 0.29) is 36.0 Å². The van der Waals surface area contributed by atoms with Gasteiger partial charge >= 0.3 is 0 Å². The van der Waals surface area contributed by atoms with E-state index in [1.807, 2.05) is 0 Å². The zero-order valence-corrected chi connectivity index (χ0v) is 13.1. The molecule has 2 rings (SSSR count). The quantitative estimate of drug-likeness (QED) is 0.593. The Morgan fingerprint density at radius 3 is 2.87 bits per heavy atom. The summed E-state index contributed by atoms with van der Waals surface area (Å²) in [6, 6.07) is 1.38. The van der Waals surface area contributed by atoms with E-state index in [2.05, 4.69) is 15.6 Å². The van der Waals surface area contributed by atoms with Crippen LogP contribution in [0.1, 0.15) is 36.3 Å². The van der Waals surface area contributed by atoms with Gasteiger partial charge in [0, 0.05) is 25.6 Å². The molecule has 0 aromatic carbocycles. The highest BCUT2D eigenvalue weighted by molar-refractivity contribution is 5.99. The number of primary amides is 1. The summed E-state index contributed by atoms with van der Waals surface area (Å²) in [5.41, 5.74) is 4.53. The Labute approximate surface area is 133 Å². The molecule has 23 heavy (non-hydrogen) atoms. The first kappa shape index (κ1) is 17.1. The highest BCUT2D eigenvalue weighted by Crippen LogP contribution is 2.24. The third-order valence-corrected chi connectivity index (χ3v) is 3.75. The van der Waals surface area contributed by atoms with Gasteiger partial charge in [-0.3, -0.25) is 14.6 Å². The van der Waals surface area contributed by atoms with Crippen LogP contribution in [0.4, 0.5) is 10.1 Å². The van der Waals surface area contributed by atoms with Crippen molar-refractivity contribution < 1.29 is 19.1 Å². The van der Waals surface area contributed by atoms with Crippen molar-refractivity contribution in [2.45, 2.75) is 44.5 Å². The lowest BCUT2D eigenvalue weighted by atomic mass is 9.96. The second kappa shape index (κ2) is 6.49. The maximum atomic E-state index is 14.1. The summed E-state index contributed by atoms with van der Waals surface area (Å²) < 4.78 is 14.1. The van der Waals surface area contributed by atoms with Crippen LogP contribution < -0.4 is 16.4 Å². The monoisotopic (exact) mass is 324 g/mol. The predicted molar refractivity (Wildman–Crippen MR) is 82.7 cm³/mol. The number of aliphatic hydroxyl groups is 1. The molecule has 2 atom stereocenters. The largest absolute Gasteiger partial charge is 0.387 e. The van der Waals surface area contributed by atoms with Gasteiger partial charge in [0.25, 0.3) is 5.91 Å². The molecular formula is C15H21FN4O3. The molecule has 1 aromatic rings. The SMILES string of the molecule is CC(C)(O)[C@H](F)Cc1nccc(NC2CNC(=O)C2)c1C(N)=O.